The highest BCUT2D eigenvalue weighted by Crippen LogP contribution is 2.34. The van der Waals surface area contributed by atoms with Crippen LogP contribution in [0.2, 0.25) is 0 Å². The first-order valence-electron chi connectivity index (χ1n) is 8.14. The lowest BCUT2D eigenvalue weighted by Crippen LogP contribution is -2.39. The summed E-state index contributed by atoms with van der Waals surface area (Å²) in [5.74, 6) is 1.71. The van der Waals surface area contributed by atoms with Crippen molar-refractivity contribution >= 4 is 10.2 Å². The Kier molecular flexibility index (Phi) is 4.71. The molecule has 1 aliphatic rings. The SMILES string of the molecule is CCc1nccn1-c1cccc([C@@H]2CCCN2S(=O)(=O)N(C)C)n1. The van der Waals surface area contributed by atoms with Crippen LogP contribution in [0.1, 0.15) is 37.3 Å². The third kappa shape index (κ3) is 2.97. The van der Waals surface area contributed by atoms with Crippen molar-refractivity contribution in [3.05, 3.63) is 42.1 Å². The van der Waals surface area contributed by atoms with E-state index in [1.54, 1.807) is 24.6 Å². The molecule has 0 N–H and O–H groups in total. The number of rotatable bonds is 5. The van der Waals surface area contributed by atoms with Gasteiger partial charge in [-0.1, -0.05) is 13.0 Å². The molecular formula is C16H23N5O2S. The minimum atomic E-state index is -3.45. The molecule has 0 bridgehead atoms. The van der Waals surface area contributed by atoms with E-state index in [4.69, 9.17) is 4.98 Å². The molecule has 1 fully saturated rings. The Morgan fingerprint density at radius 1 is 1.33 bits per heavy atom. The number of hydrogen-bond donors (Lipinski definition) is 0. The molecule has 2 aromatic heterocycles. The van der Waals surface area contributed by atoms with Gasteiger partial charge in [-0.15, -0.1) is 0 Å². The van der Waals surface area contributed by atoms with E-state index >= 15 is 0 Å². The fourth-order valence-electron chi connectivity index (χ4n) is 3.09. The van der Waals surface area contributed by atoms with Crippen molar-refractivity contribution in [2.75, 3.05) is 20.6 Å². The zero-order valence-electron chi connectivity index (χ0n) is 14.3. The van der Waals surface area contributed by atoms with Crippen molar-refractivity contribution in [3.8, 4) is 5.82 Å². The highest BCUT2D eigenvalue weighted by atomic mass is 32.2. The normalized spacial score (nSPS) is 19.2. The Labute approximate surface area is 143 Å². The molecule has 0 unspecified atom stereocenters. The number of aromatic nitrogens is 3. The number of hydrogen-bond acceptors (Lipinski definition) is 4. The fourth-order valence-corrected chi connectivity index (χ4v) is 4.40. The van der Waals surface area contributed by atoms with Crippen molar-refractivity contribution in [1.82, 2.24) is 23.1 Å². The van der Waals surface area contributed by atoms with Gasteiger partial charge in [-0.05, 0) is 25.0 Å². The standard InChI is InChI=1S/C16H23N5O2S/c1-4-15-17-10-12-20(15)16-9-5-7-13(18-16)14-8-6-11-21(14)24(22,23)19(2)3/h5,7,9-10,12,14H,4,6,8,11H2,1-3H3/t14-/m0/s1. The number of imidazole rings is 1. The zero-order valence-corrected chi connectivity index (χ0v) is 15.1. The molecule has 7 nitrogen and oxygen atoms in total. The lowest BCUT2D eigenvalue weighted by atomic mass is 10.1. The molecule has 8 heteroatoms. The summed E-state index contributed by atoms with van der Waals surface area (Å²) in [5.41, 5.74) is 0.783. The molecule has 1 atom stereocenters. The van der Waals surface area contributed by atoms with Crippen LogP contribution in [0.3, 0.4) is 0 Å². The van der Waals surface area contributed by atoms with E-state index in [2.05, 4.69) is 4.98 Å². The Balaban J connectivity index is 1.97. The van der Waals surface area contributed by atoms with E-state index in [-0.39, 0.29) is 6.04 Å². The van der Waals surface area contributed by atoms with Crippen LogP contribution in [-0.2, 0) is 16.6 Å². The Morgan fingerprint density at radius 3 is 2.83 bits per heavy atom. The first-order chi connectivity index (χ1) is 11.4. The van der Waals surface area contributed by atoms with Crippen LogP contribution in [-0.4, -0.2) is 52.2 Å². The summed E-state index contributed by atoms with van der Waals surface area (Å²) in [5, 5.41) is 0. The topological polar surface area (TPSA) is 71.3 Å². The number of pyridine rings is 1. The average Bonchev–Trinajstić information content (AvgIpc) is 3.24. The molecule has 0 aliphatic carbocycles. The smallest absolute Gasteiger partial charge is 0.282 e. The summed E-state index contributed by atoms with van der Waals surface area (Å²) in [6, 6.07) is 5.53. The van der Waals surface area contributed by atoms with Gasteiger partial charge in [0.2, 0.25) is 0 Å². The Morgan fingerprint density at radius 2 is 2.12 bits per heavy atom. The van der Waals surface area contributed by atoms with Crippen LogP contribution in [0.15, 0.2) is 30.6 Å². The van der Waals surface area contributed by atoms with Crippen molar-refractivity contribution in [3.63, 3.8) is 0 Å². The molecule has 130 valence electrons. The Hall–Kier alpha value is -1.77. The summed E-state index contributed by atoms with van der Waals surface area (Å²) >= 11 is 0. The molecule has 3 rings (SSSR count). The van der Waals surface area contributed by atoms with Gasteiger partial charge in [0.15, 0.2) is 0 Å². The zero-order chi connectivity index (χ0) is 17.3. The predicted molar refractivity (Wildman–Crippen MR) is 92.0 cm³/mol. The molecule has 0 saturated carbocycles. The predicted octanol–water partition coefficient (Wildman–Crippen LogP) is 1.77. The summed E-state index contributed by atoms with van der Waals surface area (Å²) in [6.07, 6.45) is 6.08. The lowest BCUT2D eigenvalue weighted by Gasteiger charge is -2.26. The van der Waals surface area contributed by atoms with Crippen molar-refractivity contribution in [2.24, 2.45) is 0 Å². The summed E-state index contributed by atoms with van der Waals surface area (Å²) in [7, 11) is -0.320. The molecular weight excluding hydrogens is 326 g/mol. The summed E-state index contributed by atoms with van der Waals surface area (Å²) < 4.78 is 29.8. The van der Waals surface area contributed by atoms with Crippen LogP contribution in [0.5, 0.6) is 0 Å². The molecule has 0 amide bonds. The van der Waals surface area contributed by atoms with Gasteiger partial charge in [-0.2, -0.15) is 17.0 Å². The van der Waals surface area contributed by atoms with E-state index in [0.29, 0.717) is 6.54 Å². The molecule has 0 aromatic carbocycles. The minimum absolute atomic E-state index is 0.217. The Bertz CT molecular complexity index is 815. The molecule has 2 aromatic rings. The third-order valence-electron chi connectivity index (χ3n) is 4.34. The maximum absolute atomic E-state index is 12.5. The average molecular weight is 349 g/mol. The van der Waals surface area contributed by atoms with Crippen molar-refractivity contribution < 1.29 is 8.42 Å². The molecule has 0 radical (unpaired) electrons. The van der Waals surface area contributed by atoms with E-state index in [1.807, 2.05) is 35.9 Å². The maximum atomic E-state index is 12.5. The van der Waals surface area contributed by atoms with Gasteiger partial charge < -0.3 is 0 Å². The van der Waals surface area contributed by atoms with Gasteiger partial charge in [-0.25, -0.2) is 9.97 Å². The second-order valence-electron chi connectivity index (χ2n) is 6.05. The fraction of sp³-hybridized carbons (Fsp3) is 0.500. The monoisotopic (exact) mass is 349 g/mol. The van der Waals surface area contributed by atoms with Gasteiger partial charge in [0.1, 0.15) is 11.6 Å². The minimum Gasteiger partial charge on any atom is -0.288 e. The molecule has 0 spiro atoms. The van der Waals surface area contributed by atoms with E-state index in [1.165, 1.54) is 4.31 Å². The van der Waals surface area contributed by atoms with Crippen LogP contribution >= 0.6 is 0 Å². The molecule has 3 heterocycles. The van der Waals surface area contributed by atoms with Crippen molar-refractivity contribution in [2.45, 2.75) is 32.2 Å². The van der Waals surface area contributed by atoms with Crippen LogP contribution in [0.25, 0.3) is 5.82 Å². The van der Waals surface area contributed by atoms with Crippen molar-refractivity contribution in [1.29, 1.82) is 0 Å². The maximum Gasteiger partial charge on any atom is 0.282 e. The molecule has 24 heavy (non-hydrogen) atoms. The van der Waals surface area contributed by atoms with Crippen LogP contribution in [0, 0.1) is 0 Å². The number of aryl methyl sites for hydroxylation is 1. The first kappa shape index (κ1) is 17.1. The lowest BCUT2D eigenvalue weighted by molar-refractivity contribution is 0.358. The van der Waals surface area contributed by atoms with Gasteiger partial charge in [0, 0.05) is 39.5 Å². The molecule has 1 saturated heterocycles. The van der Waals surface area contributed by atoms with E-state index < -0.39 is 10.2 Å². The van der Waals surface area contributed by atoms with Crippen LogP contribution < -0.4 is 0 Å². The summed E-state index contributed by atoms with van der Waals surface area (Å²) in [4.78, 5) is 9.05. The second kappa shape index (κ2) is 6.62. The third-order valence-corrected chi connectivity index (χ3v) is 6.29. The second-order valence-corrected chi connectivity index (χ2v) is 8.14. The first-order valence-corrected chi connectivity index (χ1v) is 9.53. The van der Waals surface area contributed by atoms with E-state index in [9.17, 15) is 8.42 Å². The highest BCUT2D eigenvalue weighted by Gasteiger charge is 2.37. The highest BCUT2D eigenvalue weighted by molar-refractivity contribution is 7.86. The van der Waals surface area contributed by atoms with Gasteiger partial charge >= 0.3 is 0 Å². The van der Waals surface area contributed by atoms with Gasteiger partial charge in [0.25, 0.3) is 10.2 Å². The number of nitrogens with zero attached hydrogens (tertiary/aromatic N) is 5. The van der Waals surface area contributed by atoms with Crippen LogP contribution in [0.4, 0.5) is 0 Å². The summed E-state index contributed by atoms with van der Waals surface area (Å²) in [6.45, 7) is 2.58. The molecule has 1 aliphatic heterocycles. The van der Waals surface area contributed by atoms with E-state index in [0.717, 1.165) is 36.6 Å². The van der Waals surface area contributed by atoms with Gasteiger partial charge in [0.05, 0.1) is 11.7 Å². The van der Waals surface area contributed by atoms with Gasteiger partial charge in [-0.3, -0.25) is 4.57 Å². The largest absolute Gasteiger partial charge is 0.288 e. The quantitative estimate of drug-likeness (QED) is 0.825.